The molecule has 2 aromatic rings. The van der Waals surface area contributed by atoms with E-state index in [0.29, 0.717) is 22.2 Å². The zero-order valence-electron chi connectivity index (χ0n) is 9.18. The Balaban J connectivity index is 2.27. The van der Waals surface area contributed by atoms with Gasteiger partial charge >= 0.3 is 0 Å². The van der Waals surface area contributed by atoms with Gasteiger partial charge in [-0.1, -0.05) is 17.7 Å². The van der Waals surface area contributed by atoms with Gasteiger partial charge in [-0.05, 0) is 31.2 Å². The SMILES string of the molecule is Cc1cccc(Oc2ccc(C=O)cc2Cl)n1. The Morgan fingerprint density at radius 2 is 2.12 bits per heavy atom. The molecule has 1 aromatic heterocycles. The molecule has 0 bridgehead atoms. The van der Waals surface area contributed by atoms with Gasteiger partial charge in [-0.3, -0.25) is 4.79 Å². The maximum absolute atomic E-state index is 10.6. The van der Waals surface area contributed by atoms with Gasteiger partial charge in [-0.15, -0.1) is 0 Å². The lowest BCUT2D eigenvalue weighted by Crippen LogP contribution is -1.91. The van der Waals surface area contributed by atoms with Crippen LogP contribution in [0, 0.1) is 6.92 Å². The first-order chi connectivity index (χ1) is 8.19. The van der Waals surface area contributed by atoms with Crippen molar-refractivity contribution in [3.8, 4) is 11.6 Å². The number of carbonyl (C=O) groups excluding carboxylic acids is 1. The predicted molar refractivity (Wildman–Crippen MR) is 65.9 cm³/mol. The maximum atomic E-state index is 10.6. The molecular weight excluding hydrogens is 238 g/mol. The topological polar surface area (TPSA) is 39.2 Å². The van der Waals surface area contributed by atoms with Crippen LogP contribution in [0.3, 0.4) is 0 Å². The van der Waals surface area contributed by atoms with Gasteiger partial charge in [-0.2, -0.15) is 0 Å². The third-order valence-corrected chi connectivity index (χ3v) is 2.46. The van der Waals surface area contributed by atoms with Crippen molar-refractivity contribution in [1.82, 2.24) is 4.98 Å². The molecule has 0 spiro atoms. The van der Waals surface area contributed by atoms with E-state index >= 15 is 0 Å². The quantitative estimate of drug-likeness (QED) is 0.777. The molecule has 0 N–H and O–H groups in total. The lowest BCUT2D eigenvalue weighted by Gasteiger charge is -2.07. The number of pyridine rings is 1. The van der Waals surface area contributed by atoms with Crippen LogP contribution in [0.2, 0.25) is 5.02 Å². The Kier molecular flexibility index (Phi) is 3.40. The van der Waals surface area contributed by atoms with Crippen molar-refractivity contribution in [3.05, 3.63) is 52.7 Å². The highest BCUT2D eigenvalue weighted by Crippen LogP contribution is 2.28. The smallest absolute Gasteiger partial charge is 0.219 e. The van der Waals surface area contributed by atoms with E-state index < -0.39 is 0 Å². The summed E-state index contributed by atoms with van der Waals surface area (Å²) in [6, 6.07) is 10.3. The number of carbonyl (C=O) groups is 1. The van der Waals surface area contributed by atoms with E-state index in [1.54, 1.807) is 24.3 Å². The molecule has 0 amide bonds. The van der Waals surface area contributed by atoms with Crippen LogP contribution in [0.5, 0.6) is 11.6 Å². The Morgan fingerprint density at radius 1 is 1.29 bits per heavy atom. The number of aryl methyl sites for hydroxylation is 1. The summed E-state index contributed by atoms with van der Waals surface area (Å²) in [5.74, 6) is 0.959. The first-order valence-electron chi connectivity index (χ1n) is 5.05. The highest BCUT2D eigenvalue weighted by Gasteiger charge is 2.05. The third kappa shape index (κ3) is 2.82. The van der Waals surface area contributed by atoms with Gasteiger partial charge in [0.15, 0.2) is 0 Å². The fourth-order valence-corrected chi connectivity index (χ4v) is 1.59. The number of rotatable bonds is 3. The summed E-state index contributed by atoms with van der Waals surface area (Å²) in [5.41, 5.74) is 1.38. The van der Waals surface area contributed by atoms with Crippen molar-refractivity contribution in [2.24, 2.45) is 0 Å². The number of aromatic nitrogens is 1. The second-order valence-corrected chi connectivity index (χ2v) is 3.93. The van der Waals surface area contributed by atoms with Crippen LogP contribution in [0.15, 0.2) is 36.4 Å². The molecule has 0 atom stereocenters. The number of aldehydes is 1. The van der Waals surface area contributed by atoms with Crippen LogP contribution in [-0.4, -0.2) is 11.3 Å². The van der Waals surface area contributed by atoms with E-state index in [-0.39, 0.29) is 0 Å². The fourth-order valence-electron chi connectivity index (χ4n) is 1.36. The van der Waals surface area contributed by atoms with Crippen LogP contribution in [0.4, 0.5) is 0 Å². The fraction of sp³-hybridized carbons (Fsp3) is 0.0769. The van der Waals surface area contributed by atoms with Gasteiger partial charge in [0.1, 0.15) is 12.0 Å². The molecule has 0 saturated carbocycles. The summed E-state index contributed by atoms with van der Waals surface area (Å²) in [5, 5.41) is 0.387. The lowest BCUT2D eigenvalue weighted by atomic mass is 10.2. The zero-order valence-corrected chi connectivity index (χ0v) is 9.94. The average Bonchev–Trinajstić information content (AvgIpc) is 2.32. The Labute approximate surface area is 104 Å². The summed E-state index contributed by atoms with van der Waals surface area (Å²) in [6.45, 7) is 1.88. The van der Waals surface area contributed by atoms with Crippen molar-refractivity contribution in [2.75, 3.05) is 0 Å². The predicted octanol–water partition coefficient (Wildman–Crippen LogP) is 3.65. The molecule has 0 unspecified atom stereocenters. The van der Waals surface area contributed by atoms with E-state index in [1.165, 1.54) is 0 Å². The lowest BCUT2D eigenvalue weighted by molar-refractivity contribution is 0.112. The molecule has 1 aromatic carbocycles. The second-order valence-electron chi connectivity index (χ2n) is 3.53. The zero-order chi connectivity index (χ0) is 12.3. The van der Waals surface area contributed by atoms with Crippen molar-refractivity contribution in [1.29, 1.82) is 0 Å². The highest BCUT2D eigenvalue weighted by molar-refractivity contribution is 6.32. The maximum Gasteiger partial charge on any atom is 0.219 e. The van der Waals surface area contributed by atoms with Crippen LogP contribution in [0.25, 0.3) is 0 Å². The number of nitrogens with zero attached hydrogens (tertiary/aromatic N) is 1. The van der Waals surface area contributed by atoms with E-state index in [1.807, 2.05) is 19.1 Å². The van der Waals surface area contributed by atoms with Crippen molar-refractivity contribution in [3.63, 3.8) is 0 Å². The molecule has 0 saturated heterocycles. The van der Waals surface area contributed by atoms with E-state index in [2.05, 4.69) is 4.98 Å². The molecule has 0 aliphatic carbocycles. The Morgan fingerprint density at radius 3 is 2.76 bits per heavy atom. The summed E-state index contributed by atoms with van der Waals surface area (Å²) < 4.78 is 5.53. The molecule has 2 rings (SSSR count). The van der Waals surface area contributed by atoms with Crippen LogP contribution in [-0.2, 0) is 0 Å². The molecular formula is C13H10ClNO2. The largest absolute Gasteiger partial charge is 0.437 e. The monoisotopic (exact) mass is 247 g/mol. The molecule has 4 heteroatoms. The van der Waals surface area contributed by atoms with E-state index in [9.17, 15) is 4.79 Å². The molecule has 0 radical (unpaired) electrons. The van der Waals surface area contributed by atoms with Gasteiger partial charge in [0, 0.05) is 17.3 Å². The minimum atomic E-state index is 0.387. The van der Waals surface area contributed by atoms with Gasteiger partial charge in [-0.25, -0.2) is 4.98 Å². The third-order valence-electron chi connectivity index (χ3n) is 2.17. The molecule has 86 valence electrons. The molecule has 0 fully saturated rings. The number of halogens is 1. The number of benzene rings is 1. The van der Waals surface area contributed by atoms with Crippen LogP contribution >= 0.6 is 11.6 Å². The Bertz CT molecular complexity index is 555. The molecule has 3 nitrogen and oxygen atoms in total. The first kappa shape index (κ1) is 11.6. The second kappa shape index (κ2) is 4.97. The molecule has 0 aliphatic rings. The van der Waals surface area contributed by atoms with Gasteiger partial charge in [0.2, 0.25) is 5.88 Å². The van der Waals surface area contributed by atoms with Crippen molar-refractivity contribution < 1.29 is 9.53 Å². The van der Waals surface area contributed by atoms with Gasteiger partial charge in [0.25, 0.3) is 0 Å². The first-order valence-corrected chi connectivity index (χ1v) is 5.43. The van der Waals surface area contributed by atoms with E-state index in [0.717, 1.165) is 12.0 Å². The van der Waals surface area contributed by atoms with Gasteiger partial charge < -0.3 is 4.74 Å². The molecule has 17 heavy (non-hydrogen) atoms. The molecule has 1 heterocycles. The standard InChI is InChI=1S/C13H10ClNO2/c1-9-3-2-4-13(15-9)17-12-6-5-10(8-16)7-11(12)14/h2-8H,1H3. The van der Waals surface area contributed by atoms with Gasteiger partial charge in [0.05, 0.1) is 5.02 Å². The van der Waals surface area contributed by atoms with Crippen molar-refractivity contribution >= 4 is 17.9 Å². The number of hydrogen-bond donors (Lipinski definition) is 0. The summed E-state index contributed by atoms with van der Waals surface area (Å²) in [6.07, 6.45) is 0.737. The summed E-state index contributed by atoms with van der Waals surface area (Å²) in [7, 11) is 0. The van der Waals surface area contributed by atoms with Crippen molar-refractivity contribution in [2.45, 2.75) is 6.92 Å². The number of hydrogen-bond acceptors (Lipinski definition) is 3. The minimum Gasteiger partial charge on any atom is -0.437 e. The molecule has 0 aliphatic heterocycles. The van der Waals surface area contributed by atoms with Crippen LogP contribution in [0.1, 0.15) is 16.1 Å². The Hall–Kier alpha value is -1.87. The summed E-state index contributed by atoms with van der Waals surface area (Å²) >= 11 is 5.99. The summed E-state index contributed by atoms with van der Waals surface area (Å²) in [4.78, 5) is 14.8. The highest BCUT2D eigenvalue weighted by atomic mass is 35.5. The minimum absolute atomic E-state index is 0.387. The number of ether oxygens (including phenoxy) is 1. The van der Waals surface area contributed by atoms with E-state index in [4.69, 9.17) is 16.3 Å². The van der Waals surface area contributed by atoms with Crippen LogP contribution < -0.4 is 4.74 Å². The normalized spacial score (nSPS) is 10.0. The average molecular weight is 248 g/mol.